The van der Waals surface area contributed by atoms with Crippen LogP contribution < -0.4 is 5.73 Å². The number of nitrogens with two attached hydrogens (primary N) is 1. The molecule has 1 spiro atoms. The fourth-order valence-electron chi connectivity index (χ4n) is 3.73. The predicted octanol–water partition coefficient (Wildman–Crippen LogP) is 2.76. The zero-order chi connectivity index (χ0) is 12.3. The maximum atomic E-state index is 6.02. The Labute approximate surface area is 105 Å². The summed E-state index contributed by atoms with van der Waals surface area (Å²) in [5, 5.41) is 0. The third-order valence-electron chi connectivity index (χ3n) is 4.67. The van der Waals surface area contributed by atoms with E-state index in [1.165, 1.54) is 44.9 Å². The summed E-state index contributed by atoms with van der Waals surface area (Å²) < 4.78 is 0. The van der Waals surface area contributed by atoms with E-state index in [0.29, 0.717) is 0 Å². The molecule has 1 fully saturated rings. The Morgan fingerprint density at radius 2 is 2.18 bits per heavy atom. The second-order valence-corrected chi connectivity index (χ2v) is 5.73. The molecule has 0 aromatic carbocycles. The van der Waals surface area contributed by atoms with Crippen LogP contribution in [0.15, 0.2) is 4.99 Å². The summed E-state index contributed by atoms with van der Waals surface area (Å²) in [6, 6.07) is 0. The van der Waals surface area contributed by atoms with Gasteiger partial charge in [-0.25, -0.2) is 0 Å². The van der Waals surface area contributed by atoms with Gasteiger partial charge in [-0.1, -0.05) is 32.6 Å². The van der Waals surface area contributed by atoms with Gasteiger partial charge in [0.25, 0.3) is 0 Å². The summed E-state index contributed by atoms with van der Waals surface area (Å²) >= 11 is 0. The molecule has 2 N–H and O–H groups in total. The lowest BCUT2D eigenvalue weighted by atomic mass is 9.88. The molecule has 98 valence electrons. The quantitative estimate of drug-likeness (QED) is 0.820. The molecule has 17 heavy (non-hydrogen) atoms. The van der Waals surface area contributed by atoms with Crippen molar-refractivity contribution in [3.63, 3.8) is 0 Å². The summed E-state index contributed by atoms with van der Waals surface area (Å²) in [4.78, 5) is 6.86. The van der Waals surface area contributed by atoms with E-state index in [4.69, 9.17) is 5.73 Å². The average molecular weight is 237 g/mol. The van der Waals surface area contributed by atoms with E-state index in [1.807, 2.05) is 0 Å². The van der Waals surface area contributed by atoms with E-state index in [0.717, 1.165) is 25.0 Å². The van der Waals surface area contributed by atoms with E-state index in [9.17, 15) is 0 Å². The van der Waals surface area contributed by atoms with Crippen LogP contribution >= 0.6 is 0 Å². The van der Waals surface area contributed by atoms with Crippen molar-refractivity contribution in [1.29, 1.82) is 0 Å². The van der Waals surface area contributed by atoms with Crippen LogP contribution in [0.25, 0.3) is 0 Å². The fraction of sp³-hybridized carbons (Fsp3) is 0.929. The SMILES string of the molecule is CCCC1CCCC2(CC1)CN=C(N)N2CC. The molecule has 1 aliphatic carbocycles. The van der Waals surface area contributed by atoms with Crippen LogP contribution in [0.2, 0.25) is 0 Å². The van der Waals surface area contributed by atoms with Crippen LogP contribution in [-0.4, -0.2) is 29.5 Å². The highest BCUT2D eigenvalue weighted by atomic mass is 15.3. The third-order valence-corrected chi connectivity index (χ3v) is 4.67. The molecule has 0 aromatic rings. The van der Waals surface area contributed by atoms with Crippen LogP contribution in [0, 0.1) is 5.92 Å². The van der Waals surface area contributed by atoms with Gasteiger partial charge in [0.15, 0.2) is 5.96 Å². The first-order valence-corrected chi connectivity index (χ1v) is 7.29. The molecule has 0 aromatic heterocycles. The largest absolute Gasteiger partial charge is 0.370 e. The Hall–Kier alpha value is -0.730. The van der Waals surface area contributed by atoms with Crippen molar-refractivity contribution in [1.82, 2.24) is 4.90 Å². The Morgan fingerprint density at radius 3 is 2.88 bits per heavy atom. The van der Waals surface area contributed by atoms with Gasteiger partial charge in [-0.3, -0.25) is 4.99 Å². The van der Waals surface area contributed by atoms with Gasteiger partial charge in [0.2, 0.25) is 0 Å². The molecule has 2 rings (SSSR count). The number of aliphatic imine (C=N–C) groups is 1. The van der Waals surface area contributed by atoms with Crippen molar-refractivity contribution in [2.75, 3.05) is 13.1 Å². The maximum absolute atomic E-state index is 6.02. The molecule has 2 aliphatic rings. The van der Waals surface area contributed by atoms with Crippen molar-refractivity contribution >= 4 is 5.96 Å². The number of rotatable bonds is 3. The molecule has 1 heterocycles. The minimum Gasteiger partial charge on any atom is -0.370 e. The van der Waals surface area contributed by atoms with E-state index in [2.05, 4.69) is 23.7 Å². The lowest BCUT2D eigenvalue weighted by Crippen LogP contribution is -2.51. The molecule has 0 radical (unpaired) electrons. The van der Waals surface area contributed by atoms with Gasteiger partial charge in [-0.2, -0.15) is 0 Å². The number of nitrogens with zero attached hydrogens (tertiary/aromatic N) is 2. The van der Waals surface area contributed by atoms with Crippen LogP contribution in [0.1, 0.15) is 58.8 Å². The summed E-state index contributed by atoms with van der Waals surface area (Å²) in [5.41, 5.74) is 6.29. The molecule has 1 saturated carbocycles. The molecule has 3 heteroatoms. The highest BCUT2D eigenvalue weighted by Crippen LogP contribution is 2.38. The van der Waals surface area contributed by atoms with E-state index < -0.39 is 0 Å². The van der Waals surface area contributed by atoms with Gasteiger partial charge in [-0.15, -0.1) is 0 Å². The molecule has 3 nitrogen and oxygen atoms in total. The lowest BCUT2D eigenvalue weighted by molar-refractivity contribution is 0.179. The fourth-order valence-corrected chi connectivity index (χ4v) is 3.73. The van der Waals surface area contributed by atoms with Gasteiger partial charge in [0.05, 0.1) is 12.1 Å². The van der Waals surface area contributed by atoms with Gasteiger partial charge in [-0.05, 0) is 32.1 Å². The zero-order valence-corrected chi connectivity index (χ0v) is 11.4. The summed E-state index contributed by atoms with van der Waals surface area (Å²) in [7, 11) is 0. The first-order chi connectivity index (χ1) is 8.22. The molecular weight excluding hydrogens is 210 g/mol. The lowest BCUT2D eigenvalue weighted by Gasteiger charge is -2.38. The number of likely N-dealkylation sites (N-methyl/N-ethyl adjacent to an activating group) is 1. The van der Waals surface area contributed by atoms with Crippen LogP contribution in [0.4, 0.5) is 0 Å². The Morgan fingerprint density at radius 1 is 1.35 bits per heavy atom. The van der Waals surface area contributed by atoms with E-state index in [-0.39, 0.29) is 5.54 Å². The standard InChI is InChI=1S/C14H27N3/c1-3-6-12-7-5-9-14(10-8-12)11-16-13(15)17(14)4-2/h12H,3-11H2,1-2H3,(H2,15,16). The van der Waals surface area contributed by atoms with Crippen LogP contribution in [-0.2, 0) is 0 Å². The molecule has 0 bridgehead atoms. The number of guanidine groups is 1. The second-order valence-electron chi connectivity index (χ2n) is 5.73. The van der Waals surface area contributed by atoms with Gasteiger partial charge < -0.3 is 10.6 Å². The average Bonchev–Trinajstić information content (AvgIpc) is 2.49. The summed E-state index contributed by atoms with van der Waals surface area (Å²) in [6.45, 7) is 6.44. The third kappa shape index (κ3) is 2.43. The normalized spacial score (nSPS) is 33.9. The van der Waals surface area contributed by atoms with Crippen molar-refractivity contribution < 1.29 is 0 Å². The summed E-state index contributed by atoms with van der Waals surface area (Å²) in [5.74, 6) is 1.72. The van der Waals surface area contributed by atoms with Crippen molar-refractivity contribution in [2.24, 2.45) is 16.6 Å². The van der Waals surface area contributed by atoms with Crippen molar-refractivity contribution in [3.8, 4) is 0 Å². The summed E-state index contributed by atoms with van der Waals surface area (Å²) in [6.07, 6.45) is 9.43. The minimum atomic E-state index is 0.279. The number of hydrogen-bond donors (Lipinski definition) is 1. The van der Waals surface area contributed by atoms with Crippen LogP contribution in [0.3, 0.4) is 0 Å². The Kier molecular flexibility index (Phi) is 3.95. The Balaban J connectivity index is 2.02. The molecule has 0 saturated heterocycles. The monoisotopic (exact) mass is 237 g/mol. The van der Waals surface area contributed by atoms with Gasteiger partial charge in [0, 0.05) is 6.54 Å². The first-order valence-electron chi connectivity index (χ1n) is 7.29. The highest BCUT2D eigenvalue weighted by Gasteiger charge is 2.42. The van der Waals surface area contributed by atoms with Crippen LogP contribution in [0.5, 0.6) is 0 Å². The van der Waals surface area contributed by atoms with E-state index >= 15 is 0 Å². The Bertz CT molecular complexity index is 287. The number of hydrogen-bond acceptors (Lipinski definition) is 3. The van der Waals surface area contributed by atoms with Gasteiger partial charge in [0.1, 0.15) is 0 Å². The zero-order valence-electron chi connectivity index (χ0n) is 11.4. The first kappa shape index (κ1) is 12.7. The molecule has 2 unspecified atom stereocenters. The van der Waals surface area contributed by atoms with E-state index in [1.54, 1.807) is 0 Å². The van der Waals surface area contributed by atoms with Crippen molar-refractivity contribution in [2.45, 2.75) is 64.3 Å². The molecule has 1 aliphatic heterocycles. The minimum absolute atomic E-state index is 0.279. The van der Waals surface area contributed by atoms with Crippen molar-refractivity contribution in [3.05, 3.63) is 0 Å². The predicted molar refractivity (Wildman–Crippen MR) is 73.1 cm³/mol. The highest BCUT2D eigenvalue weighted by molar-refractivity contribution is 5.81. The second kappa shape index (κ2) is 5.28. The topological polar surface area (TPSA) is 41.6 Å². The van der Waals surface area contributed by atoms with Gasteiger partial charge >= 0.3 is 0 Å². The molecular formula is C14H27N3. The molecule has 0 amide bonds. The molecule has 2 atom stereocenters. The smallest absolute Gasteiger partial charge is 0.191 e. The maximum Gasteiger partial charge on any atom is 0.191 e.